The molecule has 21 heavy (non-hydrogen) atoms. The second-order valence-corrected chi connectivity index (χ2v) is 6.47. The molecule has 0 aliphatic rings. The molecular formula is C16H24F3NO. The highest BCUT2D eigenvalue weighted by Crippen LogP contribution is 2.23. The molecule has 1 rings (SSSR count). The Bertz CT molecular complexity index is 421. The van der Waals surface area contributed by atoms with Gasteiger partial charge in [0.25, 0.3) is 0 Å². The summed E-state index contributed by atoms with van der Waals surface area (Å²) in [5.74, 6) is 0.294. The molecule has 2 nitrogen and oxygen atoms in total. The number of alkyl halides is 3. The van der Waals surface area contributed by atoms with Crippen molar-refractivity contribution in [2.24, 2.45) is 5.92 Å². The van der Waals surface area contributed by atoms with E-state index in [-0.39, 0.29) is 11.3 Å². The minimum atomic E-state index is -4.63. The van der Waals surface area contributed by atoms with E-state index in [0.29, 0.717) is 5.92 Å². The molecule has 0 heterocycles. The fraction of sp³-hybridized carbons (Fsp3) is 0.625. The van der Waals surface area contributed by atoms with Crippen LogP contribution in [-0.2, 0) is 6.42 Å². The fourth-order valence-corrected chi connectivity index (χ4v) is 2.03. The SMILES string of the molecule is CC(CCNC(C)(C)C)Cc1ccc(OC(F)(F)F)cc1. The number of nitrogens with one attached hydrogen (secondary N) is 1. The van der Waals surface area contributed by atoms with Gasteiger partial charge in [0.2, 0.25) is 0 Å². The van der Waals surface area contributed by atoms with Gasteiger partial charge in [0.1, 0.15) is 5.75 Å². The summed E-state index contributed by atoms with van der Waals surface area (Å²) in [6.45, 7) is 9.44. The van der Waals surface area contributed by atoms with E-state index in [2.05, 4.69) is 37.7 Å². The van der Waals surface area contributed by atoms with E-state index >= 15 is 0 Å². The minimum absolute atomic E-state index is 0.107. The highest BCUT2D eigenvalue weighted by atomic mass is 19.4. The zero-order chi connectivity index (χ0) is 16.1. The molecule has 0 spiro atoms. The molecule has 1 atom stereocenters. The van der Waals surface area contributed by atoms with Crippen molar-refractivity contribution in [2.45, 2.75) is 52.4 Å². The summed E-state index contributed by atoms with van der Waals surface area (Å²) >= 11 is 0. The van der Waals surface area contributed by atoms with Crippen molar-refractivity contribution in [2.75, 3.05) is 6.54 Å². The van der Waals surface area contributed by atoms with Gasteiger partial charge in [-0.3, -0.25) is 0 Å². The number of benzene rings is 1. The lowest BCUT2D eigenvalue weighted by Crippen LogP contribution is -2.37. The Hall–Kier alpha value is -1.23. The van der Waals surface area contributed by atoms with Crippen LogP contribution in [0.3, 0.4) is 0 Å². The third-order valence-electron chi connectivity index (χ3n) is 3.03. The summed E-state index contributed by atoms with van der Waals surface area (Å²) in [5.41, 5.74) is 1.13. The Morgan fingerprint density at radius 2 is 1.67 bits per heavy atom. The van der Waals surface area contributed by atoms with Crippen molar-refractivity contribution in [1.29, 1.82) is 0 Å². The van der Waals surface area contributed by atoms with Crippen LogP contribution in [-0.4, -0.2) is 18.4 Å². The molecule has 0 aliphatic carbocycles. The van der Waals surface area contributed by atoms with Gasteiger partial charge in [-0.2, -0.15) is 0 Å². The highest BCUT2D eigenvalue weighted by Gasteiger charge is 2.30. The van der Waals surface area contributed by atoms with Crippen molar-refractivity contribution in [3.05, 3.63) is 29.8 Å². The van der Waals surface area contributed by atoms with Crippen LogP contribution in [0.4, 0.5) is 13.2 Å². The van der Waals surface area contributed by atoms with Crippen LogP contribution in [0.2, 0.25) is 0 Å². The molecule has 5 heteroatoms. The molecule has 0 saturated carbocycles. The Morgan fingerprint density at radius 3 is 2.14 bits per heavy atom. The third-order valence-corrected chi connectivity index (χ3v) is 3.03. The van der Waals surface area contributed by atoms with Crippen LogP contribution in [0.25, 0.3) is 0 Å². The number of hydrogen-bond donors (Lipinski definition) is 1. The van der Waals surface area contributed by atoms with Crippen molar-refractivity contribution >= 4 is 0 Å². The summed E-state index contributed by atoms with van der Waals surface area (Å²) in [6.07, 6.45) is -2.76. The van der Waals surface area contributed by atoms with Gasteiger partial charge in [0.15, 0.2) is 0 Å². The first-order valence-corrected chi connectivity index (χ1v) is 7.15. The maximum absolute atomic E-state index is 12.1. The normalized spacial score (nSPS) is 14.0. The number of halogens is 3. The molecular weight excluding hydrogens is 279 g/mol. The van der Waals surface area contributed by atoms with Crippen molar-refractivity contribution < 1.29 is 17.9 Å². The molecule has 1 N–H and O–H groups in total. The smallest absolute Gasteiger partial charge is 0.406 e. The van der Waals surface area contributed by atoms with Gasteiger partial charge in [-0.25, -0.2) is 0 Å². The molecule has 120 valence electrons. The van der Waals surface area contributed by atoms with E-state index in [0.717, 1.165) is 24.9 Å². The lowest BCUT2D eigenvalue weighted by molar-refractivity contribution is -0.274. The quantitative estimate of drug-likeness (QED) is 0.833. The Kier molecular flexibility index (Phi) is 6.08. The summed E-state index contributed by atoms with van der Waals surface area (Å²) < 4.78 is 40.0. The van der Waals surface area contributed by atoms with Gasteiger partial charge in [0, 0.05) is 5.54 Å². The van der Waals surface area contributed by atoms with Gasteiger partial charge in [0.05, 0.1) is 0 Å². The lowest BCUT2D eigenvalue weighted by atomic mass is 9.97. The number of rotatable bonds is 6. The minimum Gasteiger partial charge on any atom is -0.406 e. The molecule has 0 bridgehead atoms. The zero-order valence-electron chi connectivity index (χ0n) is 13.1. The summed E-state index contributed by atoms with van der Waals surface area (Å²) in [4.78, 5) is 0. The highest BCUT2D eigenvalue weighted by molar-refractivity contribution is 5.27. The summed E-state index contributed by atoms with van der Waals surface area (Å²) in [5, 5.41) is 3.43. The Balaban J connectivity index is 2.41. The molecule has 1 aromatic rings. The van der Waals surface area contributed by atoms with Gasteiger partial charge in [-0.1, -0.05) is 19.1 Å². The second kappa shape index (κ2) is 7.16. The van der Waals surface area contributed by atoms with Gasteiger partial charge >= 0.3 is 6.36 Å². The van der Waals surface area contributed by atoms with Crippen LogP contribution in [0.5, 0.6) is 5.75 Å². The molecule has 0 saturated heterocycles. The predicted octanol–water partition coefficient (Wildman–Crippen LogP) is 4.54. The summed E-state index contributed by atoms with van der Waals surface area (Å²) in [6, 6.07) is 6.11. The lowest BCUT2D eigenvalue weighted by Gasteiger charge is -2.22. The maximum atomic E-state index is 12.1. The average molecular weight is 303 g/mol. The summed E-state index contributed by atoms with van der Waals surface area (Å²) in [7, 11) is 0. The van der Waals surface area contributed by atoms with Crippen LogP contribution >= 0.6 is 0 Å². The van der Waals surface area contributed by atoms with Crippen LogP contribution in [0, 0.1) is 5.92 Å². The maximum Gasteiger partial charge on any atom is 0.573 e. The van der Waals surface area contributed by atoms with E-state index < -0.39 is 6.36 Å². The van der Waals surface area contributed by atoms with Crippen molar-refractivity contribution in [3.63, 3.8) is 0 Å². The molecule has 1 unspecified atom stereocenters. The first-order chi connectivity index (χ1) is 9.55. The fourth-order valence-electron chi connectivity index (χ4n) is 2.03. The Morgan fingerprint density at radius 1 is 1.10 bits per heavy atom. The van der Waals surface area contributed by atoms with E-state index in [1.807, 2.05) is 0 Å². The average Bonchev–Trinajstić information content (AvgIpc) is 2.28. The van der Waals surface area contributed by atoms with Gasteiger partial charge in [-0.15, -0.1) is 13.2 Å². The Labute approximate surface area is 124 Å². The first kappa shape index (κ1) is 17.8. The molecule has 0 amide bonds. The zero-order valence-corrected chi connectivity index (χ0v) is 13.1. The number of ether oxygens (including phenoxy) is 1. The molecule has 0 fully saturated rings. The first-order valence-electron chi connectivity index (χ1n) is 7.15. The largest absolute Gasteiger partial charge is 0.573 e. The van der Waals surface area contributed by atoms with E-state index in [1.165, 1.54) is 12.1 Å². The van der Waals surface area contributed by atoms with Crippen LogP contribution in [0.1, 0.15) is 39.7 Å². The molecule has 0 radical (unpaired) electrons. The van der Waals surface area contributed by atoms with E-state index in [1.54, 1.807) is 12.1 Å². The van der Waals surface area contributed by atoms with Gasteiger partial charge < -0.3 is 10.1 Å². The van der Waals surface area contributed by atoms with Crippen LogP contribution < -0.4 is 10.1 Å². The van der Waals surface area contributed by atoms with Crippen molar-refractivity contribution in [1.82, 2.24) is 5.32 Å². The van der Waals surface area contributed by atoms with Gasteiger partial charge in [-0.05, 0) is 63.8 Å². The molecule has 0 aliphatic heterocycles. The topological polar surface area (TPSA) is 21.3 Å². The third kappa shape index (κ3) is 8.60. The molecule has 0 aromatic heterocycles. The van der Waals surface area contributed by atoms with E-state index in [4.69, 9.17) is 0 Å². The van der Waals surface area contributed by atoms with Crippen LogP contribution in [0.15, 0.2) is 24.3 Å². The standard InChI is InChI=1S/C16H24F3NO/c1-12(9-10-20-15(2,3)4)11-13-5-7-14(8-6-13)21-16(17,18)19/h5-8,12,20H,9-11H2,1-4H3. The predicted molar refractivity (Wildman–Crippen MR) is 78.4 cm³/mol. The molecule has 1 aromatic carbocycles. The second-order valence-electron chi connectivity index (χ2n) is 6.47. The van der Waals surface area contributed by atoms with E-state index in [9.17, 15) is 13.2 Å². The monoisotopic (exact) mass is 303 g/mol. The van der Waals surface area contributed by atoms with Crippen molar-refractivity contribution in [3.8, 4) is 5.75 Å². The number of hydrogen-bond acceptors (Lipinski definition) is 2.